The van der Waals surface area contributed by atoms with E-state index in [0.29, 0.717) is 0 Å². The quantitative estimate of drug-likeness (QED) is 0.547. The van der Waals surface area contributed by atoms with Crippen LogP contribution in [0.1, 0.15) is 48.1 Å². The highest BCUT2D eigenvalue weighted by molar-refractivity contribution is 7.88. The molecule has 2 aromatic carbocycles. The van der Waals surface area contributed by atoms with Crippen LogP contribution in [0.3, 0.4) is 0 Å². The number of aliphatic hydroxyl groups excluding tert-OH is 1. The Kier molecular flexibility index (Phi) is 7.80. The summed E-state index contributed by atoms with van der Waals surface area (Å²) in [5, 5.41) is 14.1. The van der Waals surface area contributed by atoms with E-state index >= 15 is 0 Å². The summed E-state index contributed by atoms with van der Waals surface area (Å²) in [5.41, 5.74) is 4.03. The van der Waals surface area contributed by atoms with Gasteiger partial charge in [-0.3, -0.25) is 0 Å². The fourth-order valence-corrected chi connectivity index (χ4v) is 4.99. The average Bonchev–Trinajstić information content (AvgIpc) is 2.69. The summed E-state index contributed by atoms with van der Waals surface area (Å²) in [4.78, 5) is 0. The topological polar surface area (TPSA) is 78.4 Å². The zero-order valence-electron chi connectivity index (χ0n) is 17.9. The number of sulfonamides is 1. The number of rotatable bonds is 9. The number of hydrogen-bond acceptors (Lipinski definition) is 4. The van der Waals surface area contributed by atoms with Crippen LogP contribution in [0.5, 0.6) is 0 Å². The van der Waals surface area contributed by atoms with E-state index in [9.17, 15) is 22.3 Å². The van der Waals surface area contributed by atoms with Crippen LogP contribution < -0.4 is 10.0 Å². The van der Waals surface area contributed by atoms with Crippen molar-refractivity contribution in [3.05, 3.63) is 70.3 Å². The highest BCUT2D eigenvalue weighted by Gasteiger charge is 2.26. The van der Waals surface area contributed by atoms with Crippen molar-refractivity contribution in [2.45, 2.75) is 57.2 Å². The van der Waals surface area contributed by atoms with Crippen molar-refractivity contribution in [1.82, 2.24) is 10.0 Å². The van der Waals surface area contributed by atoms with Crippen LogP contribution in [0, 0.1) is 11.6 Å². The van der Waals surface area contributed by atoms with Gasteiger partial charge in [0.25, 0.3) is 0 Å². The van der Waals surface area contributed by atoms with Crippen LogP contribution in [0.4, 0.5) is 8.78 Å². The van der Waals surface area contributed by atoms with Crippen LogP contribution >= 0.6 is 0 Å². The fourth-order valence-electron chi connectivity index (χ4n) is 4.20. The molecule has 1 aliphatic rings. The summed E-state index contributed by atoms with van der Waals surface area (Å²) in [6.45, 7) is 2.25. The molecule has 0 heterocycles. The van der Waals surface area contributed by atoms with Gasteiger partial charge in [0.1, 0.15) is 11.6 Å². The second-order valence-corrected chi connectivity index (χ2v) is 10.1. The second kappa shape index (κ2) is 10.2. The first kappa shape index (κ1) is 23.8. The third-order valence-electron chi connectivity index (χ3n) is 5.71. The molecule has 0 spiro atoms. The molecule has 0 amide bonds. The van der Waals surface area contributed by atoms with Crippen LogP contribution in [-0.4, -0.2) is 38.5 Å². The smallest absolute Gasteiger partial charge is 0.209 e. The lowest BCUT2D eigenvalue weighted by Crippen LogP contribution is -2.49. The van der Waals surface area contributed by atoms with E-state index in [1.54, 1.807) is 0 Å². The predicted molar refractivity (Wildman–Crippen MR) is 117 cm³/mol. The van der Waals surface area contributed by atoms with E-state index in [0.717, 1.165) is 50.1 Å². The predicted octanol–water partition coefficient (Wildman–Crippen LogP) is 3.02. The average molecular weight is 453 g/mol. The van der Waals surface area contributed by atoms with Gasteiger partial charge in [0, 0.05) is 18.7 Å². The monoisotopic (exact) mass is 452 g/mol. The summed E-state index contributed by atoms with van der Waals surface area (Å²) in [6, 6.07) is 8.68. The molecule has 0 saturated heterocycles. The van der Waals surface area contributed by atoms with Gasteiger partial charge in [-0.05, 0) is 66.5 Å². The minimum absolute atomic E-state index is 0.0359. The molecule has 3 rings (SSSR count). The zero-order valence-corrected chi connectivity index (χ0v) is 18.7. The number of aliphatic hydroxyl groups is 1. The number of aryl methyl sites for hydroxylation is 2. The first-order valence-electron chi connectivity index (χ1n) is 10.6. The Hall–Kier alpha value is -1.87. The Balaban J connectivity index is 1.73. The van der Waals surface area contributed by atoms with Gasteiger partial charge in [0.2, 0.25) is 10.0 Å². The number of benzene rings is 2. The van der Waals surface area contributed by atoms with Crippen LogP contribution in [0.25, 0.3) is 0 Å². The minimum Gasteiger partial charge on any atom is -0.390 e. The van der Waals surface area contributed by atoms with Gasteiger partial charge in [0.15, 0.2) is 0 Å². The molecule has 1 unspecified atom stereocenters. The van der Waals surface area contributed by atoms with Crippen molar-refractivity contribution in [2.24, 2.45) is 0 Å². The molecule has 0 bridgehead atoms. The van der Waals surface area contributed by atoms with E-state index in [2.05, 4.69) is 35.2 Å². The number of nitrogens with one attached hydrogen (secondary N) is 2. The maximum atomic E-state index is 13.6. The Morgan fingerprint density at radius 1 is 1.13 bits per heavy atom. The van der Waals surface area contributed by atoms with Gasteiger partial charge in [-0.15, -0.1) is 0 Å². The molecule has 0 saturated carbocycles. The molecule has 0 fully saturated rings. The first-order chi connectivity index (χ1) is 14.6. The molecule has 0 radical (unpaired) electrons. The van der Waals surface area contributed by atoms with E-state index in [4.69, 9.17) is 0 Å². The van der Waals surface area contributed by atoms with Crippen molar-refractivity contribution < 1.29 is 22.3 Å². The third kappa shape index (κ3) is 6.80. The standard InChI is InChI=1S/C23H30F2N2O3S/c1-3-15-7-8-17-5-4-6-21(20(17)11-15)26-14-23(28)22(27-31(2,29)30)12-16-9-18(24)13-19(25)10-16/h7-11,13,21-23,26-28H,3-6,12,14H2,1-2H3/t21?,22-,23+/m0/s1. The lowest BCUT2D eigenvalue weighted by Gasteiger charge is -2.30. The van der Waals surface area contributed by atoms with Crippen LogP contribution in [0.15, 0.2) is 36.4 Å². The molecule has 31 heavy (non-hydrogen) atoms. The maximum Gasteiger partial charge on any atom is 0.209 e. The molecule has 0 aliphatic heterocycles. The molecule has 8 heteroatoms. The lowest BCUT2D eigenvalue weighted by atomic mass is 9.86. The molecular weight excluding hydrogens is 422 g/mol. The molecule has 3 atom stereocenters. The summed E-state index contributed by atoms with van der Waals surface area (Å²) < 4.78 is 53.2. The van der Waals surface area contributed by atoms with Crippen molar-refractivity contribution >= 4 is 10.0 Å². The summed E-state index contributed by atoms with van der Waals surface area (Å²) >= 11 is 0. The second-order valence-electron chi connectivity index (χ2n) is 8.29. The van der Waals surface area contributed by atoms with Gasteiger partial charge >= 0.3 is 0 Å². The van der Waals surface area contributed by atoms with Crippen molar-refractivity contribution in [1.29, 1.82) is 0 Å². The Morgan fingerprint density at radius 3 is 2.48 bits per heavy atom. The third-order valence-corrected chi connectivity index (χ3v) is 6.45. The number of halogens is 2. The molecule has 170 valence electrons. The van der Waals surface area contributed by atoms with Gasteiger partial charge in [-0.1, -0.05) is 25.1 Å². The maximum absolute atomic E-state index is 13.6. The van der Waals surface area contributed by atoms with Crippen molar-refractivity contribution in [2.75, 3.05) is 12.8 Å². The van der Waals surface area contributed by atoms with Gasteiger partial charge < -0.3 is 10.4 Å². The van der Waals surface area contributed by atoms with Crippen molar-refractivity contribution in [3.63, 3.8) is 0 Å². The largest absolute Gasteiger partial charge is 0.390 e. The SMILES string of the molecule is CCc1ccc2c(c1)C(NC[C@@H](O)[C@H](Cc1cc(F)cc(F)c1)NS(C)(=O)=O)CCC2. The minimum atomic E-state index is -3.63. The molecule has 3 N–H and O–H groups in total. The van der Waals surface area contributed by atoms with Gasteiger partial charge in [0.05, 0.1) is 18.4 Å². The highest BCUT2D eigenvalue weighted by Crippen LogP contribution is 2.30. The Labute approximate surface area is 182 Å². The first-order valence-corrected chi connectivity index (χ1v) is 12.5. The lowest BCUT2D eigenvalue weighted by molar-refractivity contribution is 0.130. The molecular formula is C23H30F2N2O3S. The molecule has 0 aromatic heterocycles. The van der Waals surface area contributed by atoms with E-state index in [-0.39, 0.29) is 24.6 Å². The van der Waals surface area contributed by atoms with Crippen LogP contribution in [-0.2, 0) is 29.3 Å². The summed E-state index contributed by atoms with van der Waals surface area (Å²) in [5.74, 6) is -1.49. The molecule has 5 nitrogen and oxygen atoms in total. The Morgan fingerprint density at radius 2 is 1.84 bits per heavy atom. The van der Waals surface area contributed by atoms with Gasteiger partial charge in [-0.2, -0.15) is 0 Å². The fraction of sp³-hybridized carbons (Fsp3) is 0.478. The zero-order chi connectivity index (χ0) is 22.6. The molecule has 2 aromatic rings. The summed E-state index contributed by atoms with van der Waals surface area (Å²) in [7, 11) is -3.63. The van der Waals surface area contributed by atoms with E-state index in [1.165, 1.54) is 16.7 Å². The highest BCUT2D eigenvalue weighted by atomic mass is 32.2. The number of fused-ring (bicyclic) bond motifs is 1. The van der Waals surface area contributed by atoms with Crippen LogP contribution in [0.2, 0.25) is 0 Å². The van der Waals surface area contributed by atoms with E-state index in [1.807, 2.05) is 0 Å². The summed E-state index contributed by atoms with van der Waals surface area (Å²) in [6.07, 6.45) is 3.78. The van der Waals surface area contributed by atoms with Crippen molar-refractivity contribution in [3.8, 4) is 0 Å². The number of hydrogen-bond donors (Lipinski definition) is 3. The van der Waals surface area contributed by atoms with E-state index < -0.39 is 33.8 Å². The Bertz CT molecular complexity index is 994. The normalized spacial score (nSPS) is 18.4. The van der Waals surface area contributed by atoms with Gasteiger partial charge in [-0.25, -0.2) is 21.9 Å². The molecule has 1 aliphatic carbocycles.